The van der Waals surface area contributed by atoms with Gasteiger partial charge in [0, 0.05) is 11.8 Å². The zero-order chi connectivity index (χ0) is 20.2. The molecular weight excluding hydrogens is 379 g/mol. The third-order valence-corrected chi connectivity index (χ3v) is 3.65. The van der Waals surface area contributed by atoms with E-state index in [2.05, 4.69) is 15.3 Å². The van der Waals surface area contributed by atoms with Gasteiger partial charge in [0.1, 0.15) is 0 Å². The number of nitrogens with zero attached hydrogens (tertiary/aromatic N) is 2. The molecule has 2 rings (SSSR count). The van der Waals surface area contributed by atoms with E-state index in [1.807, 2.05) is 0 Å². The third kappa shape index (κ3) is 6.68. The maximum atomic E-state index is 11.3. The molecule has 0 saturated carbocycles. The molecule has 13 heteroatoms. The van der Waals surface area contributed by atoms with Gasteiger partial charge in [0.15, 0.2) is 15.8 Å². The van der Waals surface area contributed by atoms with Crippen molar-refractivity contribution < 1.29 is 31.5 Å². The van der Waals surface area contributed by atoms with Crippen LogP contribution in [0.25, 0.3) is 0 Å². The minimum atomic E-state index is -5.08. The van der Waals surface area contributed by atoms with Crippen LogP contribution in [0.15, 0.2) is 34.3 Å². The Bertz CT molecular complexity index is 838. The fourth-order valence-corrected chi connectivity index (χ4v) is 2.56. The van der Waals surface area contributed by atoms with E-state index in [1.165, 1.54) is 12.6 Å². The maximum absolute atomic E-state index is 11.3. The Hall–Kier alpha value is -2.67. The zero-order valence-corrected chi connectivity index (χ0v) is 14.2. The average molecular weight is 395 g/mol. The molecule has 1 aromatic rings. The molecule has 1 aliphatic heterocycles. The van der Waals surface area contributed by atoms with Crippen molar-refractivity contribution in [2.24, 2.45) is 21.5 Å². The SMILES string of the molecule is CS(=O)(=O)Cc1cccc(C2(N)N=CNC(N)=N2)c1.O=C(O)C(F)(F)F. The molecule has 0 aliphatic carbocycles. The molecule has 0 radical (unpaired) electrons. The minimum Gasteiger partial charge on any atom is -0.475 e. The van der Waals surface area contributed by atoms with Crippen LogP contribution in [0.2, 0.25) is 0 Å². The Morgan fingerprint density at radius 2 is 1.96 bits per heavy atom. The molecule has 0 fully saturated rings. The second-order valence-electron chi connectivity index (χ2n) is 5.20. The number of aliphatic imine (C=N–C) groups is 2. The Morgan fingerprint density at radius 3 is 2.42 bits per heavy atom. The van der Waals surface area contributed by atoms with Crippen molar-refractivity contribution in [1.29, 1.82) is 0 Å². The highest BCUT2D eigenvalue weighted by Gasteiger charge is 2.38. The Morgan fingerprint density at radius 1 is 1.38 bits per heavy atom. The summed E-state index contributed by atoms with van der Waals surface area (Å²) in [6.45, 7) is 0. The van der Waals surface area contributed by atoms with E-state index in [4.69, 9.17) is 21.4 Å². The predicted octanol–water partition coefficient (Wildman–Crippen LogP) is -0.120. The van der Waals surface area contributed by atoms with Gasteiger partial charge >= 0.3 is 12.1 Å². The normalized spacial score (nSPS) is 19.7. The van der Waals surface area contributed by atoms with Crippen LogP contribution in [-0.4, -0.2) is 44.2 Å². The number of nitrogens with two attached hydrogens (primary N) is 2. The van der Waals surface area contributed by atoms with Crippen molar-refractivity contribution in [3.63, 3.8) is 0 Å². The van der Waals surface area contributed by atoms with Crippen molar-refractivity contribution in [2.75, 3.05) is 6.26 Å². The molecule has 144 valence electrons. The van der Waals surface area contributed by atoms with E-state index in [-0.39, 0.29) is 11.7 Å². The fourth-order valence-electron chi connectivity index (χ4n) is 1.77. The van der Waals surface area contributed by atoms with Gasteiger partial charge in [0.2, 0.25) is 5.79 Å². The van der Waals surface area contributed by atoms with Gasteiger partial charge in [-0.05, 0) is 11.6 Å². The molecule has 0 saturated heterocycles. The molecular formula is C13H16F3N5O4S. The number of alkyl halides is 3. The van der Waals surface area contributed by atoms with E-state index in [0.29, 0.717) is 11.1 Å². The van der Waals surface area contributed by atoms with E-state index in [0.717, 1.165) is 0 Å². The molecule has 26 heavy (non-hydrogen) atoms. The van der Waals surface area contributed by atoms with Crippen molar-refractivity contribution in [3.05, 3.63) is 35.4 Å². The first kappa shape index (κ1) is 21.4. The highest BCUT2D eigenvalue weighted by molar-refractivity contribution is 7.89. The van der Waals surface area contributed by atoms with Crippen LogP contribution < -0.4 is 16.8 Å². The van der Waals surface area contributed by atoms with Gasteiger partial charge in [-0.3, -0.25) is 5.73 Å². The minimum absolute atomic E-state index is 0.0575. The van der Waals surface area contributed by atoms with Gasteiger partial charge in [0.25, 0.3) is 0 Å². The van der Waals surface area contributed by atoms with Gasteiger partial charge in [-0.2, -0.15) is 13.2 Å². The molecule has 1 atom stereocenters. The van der Waals surface area contributed by atoms with Gasteiger partial charge < -0.3 is 16.2 Å². The van der Waals surface area contributed by atoms with Gasteiger partial charge in [-0.1, -0.05) is 18.2 Å². The third-order valence-electron chi connectivity index (χ3n) is 2.79. The molecule has 1 aliphatic rings. The summed E-state index contributed by atoms with van der Waals surface area (Å²) in [5.74, 6) is -3.97. The van der Waals surface area contributed by atoms with Crippen LogP contribution >= 0.6 is 0 Å². The second-order valence-corrected chi connectivity index (χ2v) is 7.34. The first-order chi connectivity index (χ1) is 11.7. The molecule has 0 spiro atoms. The lowest BCUT2D eigenvalue weighted by molar-refractivity contribution is -0.192. The number of benzene rings is 1. The first-order valence-electron chi connectivity index (χ1n) is 6.74. The number of rotatable bonds is 3. The number of hydrogen-bond donors (Lipinski definition) is 4. The van der Waals surface area contributed by atoms with Crippen LogP contribution in [0.4, 0.5) is 13.2 Å². The summed E-state index contributed by atoms with van der Waals surface area (Å²) >= 11 is 0. The highest BCUT2D eigenvalue weighted by atomic mass is 32.2. The van der Waals surface area contributed by atoms with E-state index >= 15 is 0 Å². The standard InChI is InChI=1S/C11H15N5O2S.C2HF3O2/c1-19(17,18)6-8-3-2-4-9(5-8)11(13)15-7-14-10(12)16-11;3-2(4,5)1(6)7/h2-5,7H,6,13H2,1H3,(H3,12,14,15,16);(H,6,7). The Balaban J connectivity index is 0.000000412. The largest absolute Gasteiger partial charge is 0.490 e. The van der Waals surface area contributed by atoms with Crippen LogP contribution in [-0.2, 0) is 26.2 Å². The lowest BCUT2D eigenvalue weighted by Crippen LogP contribution is -2.44. The smallest absolute Gasteiger partial charge is 0.475 e. The summed E-state index contributed by atoms with van der Waals surface area (Å²) in [7, 11) is -3.11. The number of carboxylic acids is 1. The molecule has 0 bridgehead atoms. The number of hydrogen-bond acceptors (Lipinski definition) is 8. The lowest BCUT2D eigenvalue weighted by Gasteiger charge is -2.24. The quantitative estimate of drug-likeness (QED) is 0.555. The molecule has 1 aromatic carbocycles. The van der Waals surface area contributed by atoms with E-state index < -0.39 is 27.8 Å². The van der Waals surface area contributed by atoms with Crippen molar-refractivity contribution >= 4 is 28.1 Å². The number of guanidine groups is 1. The number of nitrogens with one attached hydrogen (secondary N) is 1. The zero-order valence-electron chi connectivity index (χ0n) is 13.4. The summed E-state index contributed by atoms with van der Waals surface area (Å²) < 4.78 is 54.3. The second kappa shape index (κ2) is 7.70. The summed E-state index contributed by atoms with van der Waals surface area (Å²) in [4.78, 5) is 17.0. The molecule has 9 nitrogen and oxygen atoms in total. The predicted molar refractivity (Wildman–Crippen MR) is 87.8 cm³/mol. The van der Waals surface area contributed by atoms with Gasteiger partial charge in [-0.15, -0.1) is 0 Å². The highest BCUT2D eigenvalue weighted by Crippen LogP contribution is 2.23. The molecule has 0 aromatic heterocycles. The summed E-state index contributed by atoms with van der Waals surface area (Å²) in [6.07, 6.45) is -2.54. The summed E-state index contributed by atoms with van der Waals surface area (Å²) in [5, 5.41) is 9.74. The van der Waals surface area contributed by atoms with Crippen LogP contribution in [0.1, 0.15) is 11.1 Å². The Kier molecular flexibility index (Phi) is 6.33. The number of carbonyl (C=O) groups is 1. The number of halogens is 3. The number of carboxylic acid groups (broad SMARTS) is 1. The lowest BCUT2D eigenvalue weighted by atomic mass is 10.1. The van der Waals surface area contributed by atoms with E-state index in [9.17, 15) is 21.6 Å². The van der Waals surface area contributed by atoms with Gasteiger partial charge in [-0.25, -0.2) is 23.2 Å². The molecule has 6 N–H and O–H groups in total. The van der Waals surface area contributed by atoms with Crippen LogP contribution in [0.3, 0.4) is 0 Å². The van der Waals surface area contributed by atoms with E-state index in [1.54, 1.807) is 24.3 Å². The monoisotopic (exact) mass is 395 g/mol. The number of sulfone groups is 1. The Labute approximate surface area is 146 Å². The summed E-state index contributed by atoms with van der Waals surface area (Å²) in [5.41, 5.74) is 12.8. The molecule has 1 unspecified atom stereocenters. The van der Waals surface area contributed by atoms with Gasteiger partial charge in [0.05, 0.1) is 12.1 Å². The van der Waals surface area contributed by atoms with Crippen LogP contribution in [0, 0.1) is 0 Å². The average Bonchev–Trinajstić information content (AvgIpc) is 2.45. The fraction of sp³-hybridized carbons (Fsp3) is 0.308. The maximum Gasteiger partial charge on any atom is 0.490 e. The first-order valence-corrected chi connectivity index (χ1v) is 8.81. The summed E-state index contributed by atoms with van der Waals surface area (Å²) in [6, 6.07) is 6.82. The van der Waals surface area contributed by atoms with Crippen molar-refractivity contribution in [3.8, 4) is 0 Å². The van der Waals surface area contributed by atoms with Crippen LogP contribution in [0.5, 0.6) is 0 Å². The molecule has 0 amide bonds. The topological polar surface area (TPSA) is 160 Å². The van der Waals surface area contributed by atoms with Crippen molar-refractivity contribution in [2.45, 2.75) is 17.7 Å². The van der Waals surface area contributed by atoms with Crippen molar-refractivity contribution in [1.82, 2.24) is 5.32 Å². The molecule has 1 heterocycles. The number of aliphatic carboxylic acids is 1.